The Kier molecular flexibility index (Phi) is 6.92. The molecule has 0 unspecified atom stereocenters. The van der Waals surface area contributed by atoms with Crippen molar-refractivity contribution in [2.45, 2.75) is 13.5 Å². The number of aromatic nitrogens is 2. The van der Waals surface area contributed by atoms with Gasteiger partial charge >= 0.3 is 12.6 Å². The topological polar surface area (TPSA) is 105 Å². The lowest BCUT2D eigenvalue weighted by molar-refractivity contribution is -0.0521. The van der Waals surface area contributed by atoms with Gasteiger partial charge in [0.1, 0.15) is 18.1 Å². The van der Waals surface area contributed by atoms with E-state index in [0.717, 1.165) is 17.7 Å². The lowest BCUT2D eigenvalue weighted by Gasteiger charge is -2.09. The molecule has 0 radical (unpaired) electrons. The molecule has 0 fully saturated rings. The molecule has 1 aromatic heterocycles. The molecule has 2 rings (SSSR count). The maximum atomic E-state index is 13.4. The molecule has 0 aliphatic carbocycles. The van der Waals surface area contributed by atoms with Gasteiger partial charge in [-0.15, -0.1) is 0 Å². The van der Waals surface area contributed by atoms with Crippen molar-refractivity contribution in [3.8, 4) is 11.8 Å². The van der Waals surface area contributed by atoms with Gasteiger partial charge < -0.3 is 20.1 Å². The summed E-state index contributed by atoms with van der Waals surface area (Å²) in [5.41, 5.74) is 8.43. The van der Waals surface area contributed by atoms with Crippen molar-refractivity contribution in [1.29, 1.82) is 5.53 Å². The molecule has 1 heterocycles. The molecule has 1 aromatic carbocycles. The number of nitrogens with zero attached hydrogens (tertiary/aromatic N) is 3. The van der Waals surface area contributed by atoms with Gasteiger partial charge in [0.05, 0.1) is 0 Å². The zero-order valence-electron chi connectivity index (χ0n) is 14.5. The fourth-order valence-corrected chi connectivity index (χ4v) is 1.94. The lowest BCUT2D eigenvalue weighted by atomic mass is 10.3. The first kappa shape index (κ1) is 19.9. The molecule has 0 atom stereocenters. The highest BCUT2D eigenvalue weighted by molar-refractivity contribution is 5.51. The summed E-state index contributed by atoms with van der Waals surface area (Å²) in [7, 11) is 1.71. The predicted octanol–water partition coefficient (Wildman–Crippen LogP) is 3.93. The minimum Gasteiger partial charge on any atom is -0.457 e. The summed E-state index contributed by atoms with van der Waals surface area (Å²) in [5.74, 6) is -0.920. The van der Waals surface area contributed by atoms with Crippen molar-refractivity contribution in [3.63, 3.8) is 0 Å². The SMILES string of the molecule is CNc1nc(OC/C(=C/Nc2ccc(F)c(OC(F)F)c2)N=N)ncc1C. The first-order valence-corrected chi connectivity index (χ1v) is 7.64. The number of hydrogen-bond donors (Lipinski definition) is 3. The van der Waals surface area contributed by atoms with Crippen LogP contribution in [0.3, 0.4) is 0 Å². The van der Waals surface area contributed by atoms with E-state index in [1.165, 1.54) is 12.3 Å². The van der Waals surface area contributed by atoms with Gasteiger partial charge in [-0.05, 0) is 19.1 Å². The number of ether oxygens (including phenoxy) is 2. The van der Waals surface area contributed by atoms with Crippen LogP contribution in [0.25, 0.3) is 0 Å². The van der Waals surface area contributed by atoms with E-state index in [1.54, 1.807) is 13.2 Å². The molecule has 144 valence electrons. The monoisotopic (exact) mass is 382 g/mol. The standard InChI is InChI=1S/C16H17F3N6O2/c1-9-6-23-16(24-14(9)21-2)26-8-11(25-20)7-22-10-3-4-12(17)13(5-10)27-15(18)19/h3-7,15,20,22H,8H2,1-2H3,(H,21,23,24)/b11-7-,25-20?. The Morgan fingerprint density at radius 3 is 2.85 bits per heavy atom. The van der Waals surface area contributed by atoms with Crippen LogP contribution in [0, 0.1) is 18.3 Å². The molecule has 8 nitrogen and oxygen atoms in total. The van der Waals surface area contributed by atoms with Crippen LogP contribution in [0.15, 0.2) is 41.4 Å². The molecule has 0 aliphatic heterocycles. The minimum absolute atomic E-state index is 0.0916. The fraction of sp³-hybridized carbons (Fsp3) is 0.250. The largest absolute Gasteiger partial charge is 0.457 e. The zero-order chi connectivity index (χ0) is 19.8. The number of rotatable bonds is 9. The highest BCUT2D eigenvalue weighted by Gasteiger charge is 2.10. The van der Waals surface area contributed by atoms with Crippen LogP contribution in [-0.4, -0.2) is 30.2 Å². The molecule has 11 heteroatoms. The minimum atomic E-state index is -3.14. The van der Waals surface area contributed by atoms with Crippen LogP contribution >= 0.6 is 0 Å². The van der Waals surface area contributed by atoms with Crippen molar-refractivity contribution < 1.29 is 22.6 Å². The Bertz CT molecular complexity index is 832. The molecule has 0 saturated heterocycles. The molecule has 2 aromatic rings. The second-order valence-electron chi connectivity index (χ2n) is 5.14. The Morgan fingerprint density at radius 1 is 1.41 bits per heavy atom. The van der Waals surface area contributed by atoms with Crippen LogP contribution in [0.5, 0.6) is 11.8 Å². The van der Waals surface area contributed by atoms with Gasteiger partial charge in [-0.3, -0.25) is 0 Å². The summed E-state index contributed by atoms with van der Waals surface area (Å²) in [5, 5.41) is 8.89. The van der Waals surface area contributed by atoms with Gasteiger partial charge in [0, 0.05) is 36.8 Å². The number of benzene rings is 1. The summed E-state index contributed by atoms with van der Waals surface area (Å²) < 4.78 is 47.4. The third kappa shape index (κ3) is 5.83. The summed E-state index contributed by atoms with van der Waals surface area (Å²) in [6, 6.07) is 3.44. The van der Waals surface area contributed by atoms with E-state index in [2.05, 4.69) is 30.5 Å². The van der Waals surface area contributed by atoms with E-state index in [9.17, 15) is 13.2 Å². The maximum absolute atomic E-state index is 13.4. The van der Waals surface area contributed by atoms with Crippen LogP contribution in [0.2, 0.25) is 0 Å². The van der Waals surface area contributed by atoms with E-state index in [0.29, 0.717) is 5.82 Å². The smallest absolute Gasteiger partial charge is 0.387 e. The van der Waals surface area contributed by atoms with E-state index in [-0.39, 0.29) is 24.0 Å². The third-order valence-corrected chi connectivity index (χ3v) is 3.23. The Morgan fingerprint density at radius 2 is 2.19 bits per heavy atom. The number of alkyl halides is 2. The molecular formula is C16H17F3N6O2. The second-order valence-corrected chi connectivity index (χ2v) is 5.14. The molecule has 27 heavy (non-hydrogen) atoms. The fourth-order valence-electron chi connectivity index (χ4n) is 1.94. The Hall–Kier alpha value is -3.37. The quantitative estimate of drug-likeness (QED) is 0.568. The maximum Gasteiger partial charge on any atom is 0.387 e. The molecule has 0 spiro atoms. The molecule has 0 bridgehead atoms. The number of hydrogen-bond acceptors (Lipinski definition) is 8. The average Bonchev–Trinajstić information content (AvgIpc) is 2.65. The van der Waals surface area contributed by atoms with Crippen molar-refractivity contribution >= 4 is 11.5 Å². The molecular weight excluding hydrogens is 365 g/mol. The van der Waals surface area contributed by atoms with Crippen molar-refractivity contribution in [2.24, 2.45) is 5.11 Å². The van der Waals surface area contributed by atoms with Gasteiger partial charge in [-0.25, -0.2) is 14.9 Å². The first-order chi connectivity index (χ1) is 12.9. The molecule has 0 amide bonds. The number of nitrogens with one attached hydrogen (secondary N) is 3. The van der Waals surface area contributed by atoms with E-state index < -0.39 is 18.2 Å². The molecule has 3 N–H and O–H groups in total. The first-order valence-electron chi connectivity index (χ1n) is 7.64. The number of halogens is 3. The van der Waals surface area contributed by atoms with E-state index in [4.69, 9.17) is 10.3 Å². The highest BCUT2D eigenvalue weighted by Crippen LogP contribution is 2.24. The van der Waals surface area contributed by atoms with Crippen molar-refractivity contribution in [1.82, 2.24) is 9.97 Å². The van der Waals surface area contributed by atoms with E-state index in [1.807, 2.05) is 6.92 Å². The van der Waals surface area contributed by atoms with Crippen LogP contribution < -0.4 is 20.1 Å². The van der Waals surface area contributed by atoms with Crippen molar-refractivity contribution in [2.75, 3.05) is 24.3 Å². The lowest BCUT2D eigenvalue weighted by Crippen LogP contribution is -2.07. The van der Waals surface area contributed by atoms with Crippen molar-refractivity contribution in [3.05, 3.63) is 47.7 Å². The van der Waals surface area contributed by atoms with Crippen LogP contribution in [-0.2, 0) is 0 Å². The van der Waals surface area contributed by atoms with Gasteiger partial charge in [0.15, 0.2) is 11.6 Å². The highest BCUT2D eigenvalue weighted by atomic mass is 19.3. The number of aryl methyl sites for hydroxylation is 1. The van der Waals surface area contributed by atoms with Gasteiger partial charge in [0.25, 0.3) is 0 Å². The summed E-state index contributed by atoms with van der Waals surface area (Å²) in [6.45, 7) is -1.43. The summed E-state index contributed by atoms with van der Waals surface area (Å²) >= 11 is 0. The zero-order valence-corrected chi connectivity index (χ0v) is 14.5. The van der Waals surface area contributed by atoms with Gasteiger partial charge in [0.2, 0.25) is 0 Å². The average molecular weight is 382 g/mol. The van der Waals surface area contributed by atoms with E-state index >= 15 is 0 Å². The number of anilines is 2. The predicted molar refractivity (Wildman–Crippen MR) is 91.7 cm³/mol. The van der Waals surface area contributed by atoms with Gasteiger partial charge in [-0.1, -0.05) is 0 Å². The third-order valence-electron chi connectivity index (χ3n) is 3.23. The Labute approximate surface area is 152 Å². The molecule has 0 aliphatic rings. The second kappa shape index (κ2) is 9.36. The Balaban J connectivity index is 2.03. The normalized spacial score (nSPS) is 11.3. The molecule has 0 saturated carbocycles. The van der Waals surface area contributed by atoms with Crippen LogP contribution in [0.1, 0.15) is 5.56 Å². The van der Waals surface area contributed by atoms with Gasteiger partial charge in [-0.2, -0.15) is 18.9 Å². The summed E-state index contributed by atoms with van der Waals surface area (Å²) in [6.07, 6.45) is 2.89. The van der Waals surface area contributed by atoms with Crippen LogP contribution in [0.4, 0.5) is 24.7 Å². The summed E-state index contributed by atoms with van der Waals surface area (Å²) in [4.78, 5) is 8.15.